The zero-order chi connectivity index (χ0) is 18.9. The summed E-state index contributed by atoms with van der Waals surface area (Å²) in [6, 6.07) is 7.56. The lowest BCUT2D eigenvalue weighted by molar-refractivity contribution is -0.136. The maximum Gasteiger partial charge on any atom is 0.223 e. The molecule has 6 heteroatoms. The number of ether oxygens (including phenoxy) is 2. The molecule has 0 spiro atoms. The van der Waals surface area contributed by atoms with Crippen LogP contribution in [-0.2, 0) is 9.59 Å². The first-order valence-corrected chi connectivity index (χ1v) is 9.34. The van der Waals surface area contributed by atoms with Gasteiger partial charge in [-0.1, -0.05) is 0 Å². The summed E-state index contributed by atoms with van der Waals surface area (Å²) in [5, 5.41) is 2.95. The summed E-state index contributed by atoms with van der Waals surface area (Å²) in [5.74, 6) is 1.85. The van der Waals surface area contributed by atoms with Crippen LogP contribution in [0.4, 0.5) is 0 Å². The standard InChI is InChI=1S/C20H30N2O4/c1-15(2)21-20(24)16-10-12-22(13-11-16)19(23)5-4-14-26-18-8-6-17(25-3)7-9-18/h6-9,15-16H,4-5,10-14H2,1-3H3,(H,21,24). The molecule has 1 heterocycles. The van der Waals surface area contributed by atoms with Crippen molar-refractivity contribution < 1.29 is 19.1 Å². The molecule has 2 rings (SSSR count). The minimum Gasteiger partial charge on any atom is -0.497 e. The van der Waals surface area contributed by atoms with Gasteiger partial charge in [-0.2, -0.15) is 0 Å². The fourth-order valence-electron chi connectivity index (χ4n) is 3.04. The van der Waals surface area contributed by atoms with Gasteiger partial charge in [0, 0.05) is 31.5 Å². The molecule has 2 amide bonds. The van der Waals surface area contributed by atoms with Gasteiger partial charge in [0.1, 0.15) is 11.5 Å². The Morgan fingerprint density at radius 2 is 1.77 bits per heavy atom. The van der Waals surface area contributed by atoms with Crippen LogP contribution in [0.5, 0.6) is 11.5 Å². The van der Waals surface area contributed by atoms with Crippen LogP contribution in [-0.4, -0.2) is 49.6 Å². The molecule has 0 radical (unpaired) electrons. The fourth-order valence-corrected chi connectivity index (χ4v) is 3.04. The van der Waals surface area contributed by atoms with E-state index in [1.165, 1.54) is 0 Å². The van der Waals surface area contributed by atoms with Gasteiger partial charge >= 0.3 is 0 Å². The van der Waals surface area contributed by atoms with E-state index in [1.54, 1.807) is 7.11 Å². The van der Waals surface area contributed by atoms with E-state index in [2.05, 4.69) is 5.32 Å². The quantitative estimate of drug-likeness (QED) is 0.722. The second kappa shape index (κ2) is 10.0. The van der Waals surface area contributed by atoms with Crippen molar-refractivity contribution in [2.75, 3.05) is 26.8 Å². The van der Waals surface area contributed by atoms with Crippen LogP contribution < -0.4 is 14.8 Å². The Kier molecular flexibility index (Phi) is 7.75. The molecular weight excluding hydrogens is 332 g/mol. The number of nitrogens with zero attached hydrogens (tertiary/aromatic N) is 1. The summed E-state index contributed by atoms with van der Waals surface area (Å²) >= 11 is 0. The van der Waals surface area contributed by atoms with Gasteiger partial charge in [0.15, 0.2) is 0 Å². The highest BCUT2D eigenvalue weighted by molar-refractivity contribution is 5.80. The van der Waals surface area contributed by atoms with Gasteiger partial charge in [0.2, 0.25) is 11.8 Å². The third-order valence-corrected chi connectivity index (χ3v) is 4.51. The Morgan fingerprint density at radius 3 is 2.35 bits per heavy atom. The molecule has 1 fully saturated rings. The van der Waals surface area contributed by atoms with Crippen LogP contribution in [0.25, 0.3) is 0 Å². The predicted octanol–water partition coefficient (Wildman–Crippen LogP) is 2.62. The molecule has 1 saturated heterocycles. The van der Waals surface area contributed by atoms with Crippen molar-refractivity contribution in [3.05, 3.63) is 24.3 Å². The summed E-state index contributed by atoms with van der Waals surface area (Å²) in [5.41, 5.74) is 0. The lowest BCUT2D eigenvalue weighted by Crippen LogP contribution is -2.44. The van der Waals surface area contributed by atoms with E-state index >= 15 is 0 Å². The number of rotatable bonds is 8. The Balaban J connectivity index is 1.63. The molecule has 0 unspecified atom stereocenters. The second-order valence-electron chi connectivity index (χ2n) is 6.95. The van der Waals surface area contributed by atoms with Gasteiger partial charge in [-0.25, -0.2) is 0 Å². The maximum atomic E-state index is 12.3. The third kappa shape index (κ3) is 6.24. The largest absolute Gasteiger partial charge is 0.497 e. The number of hydrogen-bond donors (Lipinski definition) is 1. The van der Waals surface area contributed by atoms with Gasteiger partial charge < -0.3 is 19.7 Å². The van der Waals surface area contributed by atoms with Crippen molar-refractivity contribution >= 4 is 11.8 Å². The summed E-state index contributed by atoms with van der Waals surface area (Å²) in [4.78, 5) is 26.2. The van der Waals surface area contributed by atoms with Crippen molar-refractivity contribution in [3.63, 3.8) is 0 Å². The van der Waals surface area contributed by atoms with Crippen LogP contribution >= 0.6 is 0 Å². The van der Waals surface area contributed by atoms with E-state index in [4.69, 9.17) is 9.47 Å². The number of carbonyl (C=O) groups excluding carboxylic acids is 2. The van der Waals surface area contributed by atoms with Gasteiger partial charge in [0.05, 0.1) is 13.7 Å². The number of benzene rings is 1. The van der Waals surface area contributed by atoms with Gasteiger partial charge in [-0.3, -0.25) is 9.59 Å². The highest BCUT2D eigenvalue weighted by Gasteiger charge is 2.27. The summed E-state index contributed by atoms with van der Waals surface area (Å²) in [6.45, 7) is 5.75. The van der Waals surface area contributed by atoms with Gasteiger partial charge in [-0.15, -0.1) is 0 Å². The Morgan fingerprint density at radius 1 is 1.15 bits per heavy atom. The highest BCUT2D eigenvalue weighted by atomic mass is 16.5. The number of nitrogens with one attached hydrogen (secondary N) is 1. The van der Waals surface area contributed by atoms with E-state index in [0.717, 1.165) is 24.3 Å². The van der Waals surface area contributed by atoms with Crippen LogP contribution in [0.15, 0.2) is 24.3 Å². The molecule has 0 atom stereocenters. The number of hydrogen-bond acceptors (Lipinski definition) is 4. The van der Waals surface area contributed by atoms with Gasteiger partial charge in [0.25, 0.3) is 0 Å². The Bertz CT molecular complexity index is 578. The number of amides is 2. The summed E-state index contributed by atoms with van der Waals surface area (Å²) < 4.78 is 10.8. The zero-order valence-corrected chi connectivity index (χ0v) is 16.0. The molecule has 6 nitrogen and oxygen atoms in total. The maximum absolute atomic E-state index is 12.3. The molecule has 26 heavy (non-hydrogen) atoms. The number of carbonyl (C=O) groups is 2. The number of methoxy groups -OCH3 is 1. The molecule has 0 bridgehead atoms. The first-order valence-electron chi connectivity index (χ1n) is 9.34. The minimum atomic E-state index is 0.0276. The first kappa shape index (κ1) is 20.1. The molecule has 1 aliphatic heterocycles. The average molecular weight is 362 g/mol. The average Bonchev–Trinajstić information content (AvgIpc) is 2.65. The minimum absolute atomic E-state index is 0.0276. The summed E-state index contributed by atoms with van der Waals surface area (Å²) in [7, 11) is 1.63. The van der Waals surface area contributed by atoms with Gasteiger partial charge in [-0.05, 0) is 57.4 Å². The molecule has 0 saturated carbocycles. The fraction of sp³-hybridized carbons (Fsp3) is 0.600. The smallest absolute Gasteiger partial charge is 0.223 e. The molecular formula is C20H30N2O4. The van der Waals surface area contributed by atoms with Crippen molar-refractivity contribution in [2.45, 2.75) is 45.6 Å². The highest BCUT2D eigenvalue weighted by Crippen LogP contribution is 2.19. The normalized spacial score (nSPS) is 15.0. The molecule has 0 aliphatic carbocycles. The number of likely N-dealkylation sites (tertiary alicyclic amines) is 1. The van der Waals surface area contributed by atoms with Crippen molar-refractivity contribution in [1.29, 1.82) is 0 Å². The predicted molar refractivity (Wildman–Crippen MR) is 100 cm³/mol. The van der Waals surface area contributed by atoms with E-state index < -0.39 is 0 Å². The molecule has 1 aromatic rings. The second-order valence-corrected chi connectivity index (χ2v) is 6.95. The van der Waals surface area contributed by atoms with Crippen LogP contribution in [0.2, 0.25) is 0 Å². The SMILES string of the molecule is COc1ccc(OCCCC(=O)N2CCC(C(=O)NC(C)C)CC2)cc1. The van der Waals surface area contributed by atoms with E-state index in [0.29, 0.717) is 32.5 Å². The van der Waals surface area contributed by atoms with E-state index in [9.17, 15) is 9.59 Å². The summed E-state index contributed by atoms with van der Waals surface area (Å²) in [6.07, 6.45) is 2.64. The topological polar surface area (TPSA) is 67.9 Å². The monoisotopic (exact) mass is 362 g/mol. The number of piperidine rings is 1. The molecule has 0 aromatic heterocycles. The lowest BCUT2D eigenvalue weighted by Gasteiger charge is -2.31. The van der Waals surface area contributed by atoms with E-state index in [-0.39, 0.29) is 23.8 Å². The van der Waals surface area contributed by atoms with E-state index in [1.807, 2.05) is 43.0 Å². The first-order chi connectivity index (χ1) is 12.5. The lowest BCUT2D eigenvalue weighted by atomic mass is 9.95. The van der Waals surface area contributed by atoms with Crippen molar-refractivity contribution in [1.82, 2.24) is 10.2 Å². The van der Waals surface area contributed by atoms with Crippen molar-refractivity contribution in [3.8, 4) is 11.5 Å². The molecule has 1 aliphatic rings. The van der Waals surface area contributed by atoms with Crippen LogP contribution in [0.1, 0.15) is 39.5 Å². The third-order valence-electron chi connectivity index (χ3n) is 4.51. The zero-order valence-electron chi connectivity index (χ0n) is 16.0. The van der Waals surface area contributed by atoms with Crippen LogP contribution in [0, 0.1) is 5.92 Å². The Labute approximate surface area is 155 Å². The van der Waals surface area contributed by atoms with Crippen molar-refractivity contribution in [2.24, 2.45) is 5.92 Å². The molecule has 144 valence electrons. The molecule has 1 N–H and O–H groups in total. The Hall–Kier alpha value is -2.24. The molecule has 1 aromatic carbocycles. The van der Waals surface area contributed by atoms with Crippen LogP contribution in [0.3, 0.4) is 0 Å².